The van der Waals surface area contributed by atoms with Gasteiger partial charge in [0, 0.05) is 31.2 Å². The fourth-order valence-corrected chi connectivity index (χ4v) is 2.74. The van der Waals surface area contributed by atoms with Crippen LogP contribution in [0, 0.1) is 6.92 Å². The van der Waals surface area contributed by atoms with Gasteiger partial charge in [-0.05, 0) is 44.5 Å². The van der Waals surface area contributed by atoms with Gasteiger partial charge < -0.3 is 20.7 Å². The molecule has 7 nitrogen and oxygen atoms in total. The molecule has 1 aliphatic heterocycles. The van der Waals surface area contributed by atoms with E-state index in [4.69, 9.17) is 4.74 Å². The predicted octanol–water partition coefficient (Wildman–Crippen LogP) is 1.54. The van der Waals surface area contributed by atoms with Gasteiger partial charge in [0.1, 0.15) is 6.10 Å². The third kappa shape index (κ3) is 4.70. The van der Waals surface area contributed by atoms with Crippen LogP contribution in [-0.4, -0.2) is 48.2 Å². The molecule has 0 saturated carbocycles. The molecule has 1 atom stereocenters. The summed E-state index contributed by atoms with van der Waals surface area (Å²) in [5.74, 6) is 0.415. The number of rotatable bonds is 7. The number of aromatic nitrogens is 2. The van der Waals surface area contributed by atoms with Crippen LogP contribution in [0.4, 0.5) is 5.69 Å². The summed E-state index contributed by atoms with van der Waals surface area (Å²) in [4.78, 5) is 20.5. The van der Waals surface area contributed by atoms with Crippen molar-refractivity contribution >= 4 is 11.6 Å². The van der Waals surface area contributed by atoms with Gasteiger partial charge in [-0.25, -0.2) is 4.98 Å². The first-order chi connectivity index (χ1) is 12.7. The van der Waals surface area contributed by atoms with Crippen molar-refractivity contribution in [1.82, 2.24) is 20.6 Å². The fourth-order valence-electron chi connectivity index (χ4n) is 2.74. The van der Waals surface area contributed by atoms with Crippen molar-refractivity contribution < 1.29 is 9.53 Å². The normalized spacial score (nSPS) is 15.5. The topological polar surface area (TPSA) is 88.2 Å². The molecule has 0 saturated heterocycles. The van der Waals surface area contributed by atoms with E-state index in [0.29, 0.717) is 24.5 Å². The second kappa shape index (κ2) is 8.62. The minimum Gasteiger partial charge on any atom is -0.470 e. The molecule has 3 rings (SSSR count). The molecule has 3 N–H and O–H groups in total. The largest absolute Gasteiger partial charge is 0.470 e. The van der Waals surface area contributed by atoms with E-state index in [-0.39, 0.29) is 12.0 Å². The van der Waals surface area contributed by atoms with Gasteiger partial charge in [0.05, 0.1) is 17.8 Å². The number of hydrogen-bond acceptors (Lipinski definition) is 6. The van der Waals surface area contributed by atoms with Crippen LogP contribution in [-0.2, 0) is 6.42 Å². The molecule has 0 spiro atoms. The minimum atomic E-state index is -0.126. The monoisotopic (exact) mass is 355 g/mol. The molecule has 3 heterocycles. The Labute approximate surface area is 153 Å². The Balaban J connectivity index is 1.46. The summed E-state index contributed by atoms with van der Waals surface area (Å²) in [7, 11) is 0. The van der Waals surface area contributed by atoms with Gasteiger partial charge in [-0.2, -0.15) is 0 Å². The SMILES string of the molecule is CCNC(=O)c1cnc2c(c1)NCC(CNCCc1ccc(C)nc1)O2. The lowest BCUT2D eigenvalue weighted by atomic mass is 10.2. The summed E-state index contributed by atoms with van der Waals surface area (Å²) >= 11 is 0. The first-order valence-corrected chi connectivity index (χ1v) is 8.96. The van der Waals surface area contributed by atoms with Crippen molar-refractivity contribution in [3.05, 3.63) is 47.4 Å². The minimum absolute atomic E-state index is 0.00135. The van der Waals surface area contributed by atoms with E-state index in [1.807, 2.05) is 26.1 Å². The number of amides is 1. The Hall–Kier alpha value is -2.67. The van der Waals surface area contributed by atoms with Gasteiger partial charge in [-0.1, -0.05) is 6.07 Å². The fraction of sp³-hybridized carbons (Fsp3) is 0.421. The molecule has 1 aliphatic rings. The third-order valence-corrected chi connectivity index (χ3v) is 4.18. The highest BCUT2D eigenvalue weighted by Gasteiger charge is 2.21. The zero-order chi connectivity index (χ0) is 18.4. The van der Waals surface area contributed by atoms with Crippen LogP contribution >= 0.6 is 0 Å². The molecule has 1 unspecified atom stereocenters. The molecule has 0 aromatic carbocycles. The number of hydrogen-bond donors (Lipinski definition) is 3. The van der Waals surface area contributed by atoms with E-state index in [2.05, 4.69) is 32.0 Å². The molecular weight excluding hydrogens is 330 g/mol. The summed E-state index contributed by atoms with van der Waals surface area (Å²) < 4.78 is 5.91. The summed E-state index contributed by atoms with van der Waals surface area (Å²) in [6, 6.07) is 5.91. The van der Waals surface area contributed by atoms with E-state index in [9.17, 15) is 4.79 Å². The van der Waals surface area contributed by atoms with Gasteiger partial charge in [-0.3, -0.25) is 9.78 Å². The molecule has 26 heavy (non-hydrogen) atoms. The van der Waals surface area contributed by atoms with Crippen molar-refractivity contribution in [2.24, 2.45) is 0 Å². The average Bonchev–Trinajstić information content (AvgIpc) is 2.66. The smallest absolute Gasteiger partial charge is 0.252 e. The number of aryl methyl sites for hydroxylation is 1. The lowest BCUT2D eigenvalue weighted by Gasteiger charge is -2.27. The van der Waals surface area contributed by atoms with Gasteiger partial charge in [-0.15, -0.1) is 0 Å². The number of carbonyl (C=O) groups excluding carboxylic acids is 1. The average molecular weight is 355 g/mol. The number of pyridine rings is 2. The van der Waals surface area contributed by atoms with Gasteiger partial charge in [0.2, 0.25) is 5.88 Å². The maximum atomic E-state index is 11.9. The summed E-state index contributed by atoms with van der Waals surface area (Å²) in [5, 5.41) is 9.47. The Morgan fingerprint density at radius 2 is 2.23 bits per heavy atom. The van der Waals surface area contributed by atoms with Gasteiger partial charge >= 0.3 is 0 Å². The first-order valence-electron chi connectivity index (χ1n) is 8.96. The van der Waals surface area contributed by atoms with Crippen LogP contribution in [0.2, 0.25) is 0 Å². The van der Waals surface area contributed by atoms with Crippen LogP contribution in [0.25, 0.3) is 0 Å². The lowest BCUT2D eigenvalue weighted by molar-refractivity contribution is 0.0955. The van der Waals surface area contributed by atoms with Gasteiger partial charge in [0.25, 0.3) is 5.91 Å². The Kier molecular flexibility index (Phi) is 6.01. The number of nitrogens with zero attached hydrogens (tertiary/aromatic N) is 2. The number of carbonyl (C=O) groups is 1. The molecule has 0 radical (unpaired) electrons. The molecule has 138 valence electrons. The summed E-state index contributed by atoms with van der Waals surface area (Å²) in [6.45, 7) is 6.73. The molecule has 7 heteroatoms. The Bertz CT molecular complexity index is 748. The second-order valence-electron chi connectivity index (χ2n) is 6.32. The molecule has 0 fully saturated rings. The standard InChI is InChI=1S/C19H25N5O2/c1-3-21-18(25)15-8-17-19(24-10-15)26-16(12-23-17)11-20-7-6-14-5-4-13(2)22-9-14/h4-5,8-10,16,20,23H,3,6-7,11-12H2,1-2H3,(H,21,25). The zero-order valence-electron chi connectivity index (χ0n) is 15.2. The third-order valence-electron chi connectivity index (χ3n) is 4.18. The van der Waals surface area contributed by atoms with E-state index < -0.39 is 0 Å². The van der Waals surface area contributed by atoms with Gasteiger partial charge in [0.15, 0.2) is 0 Å². The molecule has 0 bridgehead atoms. The molecule has 2 aromatic heterocycles. The molecular formula is C19H25N5O2. The number of fused-ring (bicyclic) bond motifs is 1. The highest BCUT2D eigenvalue weighted by molar-refractivity contribution is 5.95. The van der Waals surface area contributed by atoms with Crippen molar-refractivity contribution in [2.45, 2.75) is 26.4 Å². The van der Waals surface area contributed by atoms with E-state index in [1.54, 1.807) is 12.3 Å². The van der Waals surface area contributed by atoms with Crippen molar-refractivity contribution in [1.29, 1.82) is 0 Å². The van der Waals surface area contributed by atoms with Crippen molar-refractivity contribution in [2.75, 3.05) is 31.5 Å². The highest BCUT2D eigenvalue weighted by atomic mass is 16.5. The quantitative estimate of drug-likeness (QED) is 0.653. The van der Waals surface area contributed by atoms with Crippen LogP contribution in [0.5, 0.6) is 5.88 Å². The molecule has 0 aliphatic carbocycles. The van der Waals surface area contributed by atoms with E-state index in [1.165, 1.54) is 5.56 Å². The molecule has 2 aromatic rings. The van der Waals surface area contributed by atoms with Crippen LogP contribution < -0.4 is 20.7 Å². The maximum absolute atomic E-state index is 11.9. The summed E-state index contributed by atoms with van der Waals surface area (Å²) in [6.07, 6.45) is 4.40. The number of ether oxygens (including phenoxy) is 1. The highest BCUT2D eigenvalue weighted by Crippen LogP contribution is 2.27. The Morgan fingerprint density at radius 3 is 3.00 bits per heavy atom. The first kappa shape index (κ1) is 18.1. The van der Waals surface area contributed by atoms with Crippen molar-refractivity contribution in [3.8, 4) is 5.88 Å². The maximum Gasteiger partial charge on any atom is 0.252 e. The van der Waals surface area contributed by atoms with Crippen LogP contribution in [0.1, 0.15) is 28.5 Å². The number of nitrogens with one attached hydrogen (secondary N) is 3. The van der Waals surface area contributed by atoms with Crippen molar-refractivity contribution in [3.63, 3.8) is 0 Å². The predicted molar refractivity (Wildman–Crippen MR) is 101 cm³/mol. The lowest BCUT2D eigenvalue weighted by Crippen LogP contribution is -2.40. The number of anilines is 1. The van der Waals surface area contributed by atoms with E-state index >= 15 is 0 Å². The van der Waals surface area contributed by atoms with Crippen LogP contribution in [0.3, 0.4) is 0 Å². The van der Waals surface area contributed by atoms with E-state index in [0.717, 1.165) is 30.9 Å². The molecule has 1 amide bonds. The summed E-state index contributed by atoms with van der Waals surface area (Å²) in [5.41, 5.74) is 3.54. The Morgan fingerprint density at radius 1 is 1.35 bits per heavy atom. The second-order valence-corrected chi connectivity index (χ2v) is 6.32. The van der Waals surface area contributed by atoms with Crippen LogP contribution in [0.15, 0.2) is 30.6 Å². The zero-order valence-corrected chi connectivity index (χ0v) is 15.2.